The van der Waals surface area contributed by atoms with Crippen LogP contribution in [0.15, 0.2) is 0 Å². The maximum absolute atomic E-state index is 12.4. The van der Waals surface area contributed by atoms with Crippen molar-refractivity contribution >= 4 is 5.97 Å². The molecule has 3 heterocycles. The maximum Gasteiger partial charge on any atom is 0.311 e. The Morgan fingerprint density at radius 2 is 1.68 bits per heavy atom. The summed E-state index contributed by atoms with van der Waals surface area (Å²) in [5.74, 6) is 0.506. The summed E-state index contributed by atoms with van der Waals surface area (Å²) in [6.07, 6.45) is 13.0. The predicted octanol–water partition coefficient (Wildman–Crippen LogP) is 3.23. The second-order valence-corrected chi connectivity index (χ2v) is 7.64. The van der Waals surface area contributed by atoms with E-state index in [1.165, 1.54) is 32.1 Å². The number of carbonyl (C=O) groups is 1. The first-order valence-corrected chi connectivity index (χ1v) is 9.27. The molecule has 5 aliphatic rings. The first-order valence-electron chi connectivity index (χ1n) is 9.27. The SMILES string of the molecule is O=C(OCC1CCCC2OC2CC1)C1CCCCC2CC1O2. The number of fused-ring (bicyclic) bond motifs is 5. The van der Waals surface area contributed by atoms with Crippen molar-refractivity contribution in [1.82, 2.24) is 0 Å². The molecule has 4 nitrogen and oxygen atoms in total. The molecule has 22 heavy (non-hydrogen) atoms. The van der Waals surface area contributed by atoms with Gasteiger partial charge in [-0.05, 0) is 44.4 Å². The van der Waals surface area contributed by atoms with Crippen LogP contribution in [0, 0.1) is 11.8 Å². The zero-order valence-electron chi connectivity index (χ0n) is 13.4. The van der Waals surface area contributed by atoms with Gasteiger partial charge in [-0.2, -0.15) is 0 Å². The summed E-state index contributed by atoms with van der Waals surface area (Å²) in [6.45, 7) is 0.600. The van der Waals surface area contributed by atoms with E-state index in [4.69, 9.17) is 14.2 Å². The number of rotatable bonds is 3. The molecule has 0 aromatic heterocycles. The fraction of sp³-hybridized carbons (Fsp3) is 0.944. The monoisotopic (exact) mass is 308 g/mol. The molecule has 2 bridgehead atoms. The molecule has 0 amide bonds. The van der Waals surface area contributed by atoms with Crippen LogP contribution in [0.2, 0.25) is 0 Å². The summed E-state index contributed by atoms with van der Waals surface area (Å²) >= 11 is 0. The largest absolute Gasteiger partial charge is 0.465 e. The van der Waals surface area contributed by atoms with Crippen LogP contribution in [0.5, 0.6) is 0 Å². The van der Waals surface area contributed by atoms with E-state index >= 15 is 0 Å². The Kier molecular flexibility index (Phi) is 4.40. The van der Waals surface area contributed by atoms with Gasteiger partial charge in [0, 0.05) is 6.42 Å². The van der Waals surface area contributed by atoms with Gasteiger partial charge in [0.25, 0.3) is 0 Å². The van der Waals surface area contributed by atoms with Crippen molar-refractivity contribution in [2.75, 3.05) is 6.61 Å². The summed E-state index contributed by atoms with van der Waals surface area (Å²) < 4.78 is 17.2. The van der Waals surface area contributed by atoms with Crippen molar-refractivity contribution in [3.05, 3.63) is 0 Å². The lowest BCUT2D eigenvalue weighted by Gasteiger charge is -2.42. The van der Waals surface area contributed by atoms with E-state index in [2.05, 4.69) is 0 Å². The Bertz CT molecular complexity index is 404. The summed E-state index contributed by atoms with van der Waals surface area (Å²) in [6, 6.07) is 0. The Balaban J connectivity index is 1.24. The highest BCUT2D eigenvalue weighted by Gasteiger charge is 2.42. The zero-order valence-corrected chi connectivity index (χ0v) is 13.4. The molecule has 0 aromatic carbocycles. The molecule has 124 valence electrons. The third-order valence-corrected chi connectivity index (χ3v) is 6.01. The number of hydrogen-bond acceptors (Lipinski definition) is 4. The molecule has 5 fully saturated rings. The van der Waals surface area contributed by atoms with Crippen LogP contribution in [0.4, 0.5) is 0 Å². The van der Waals surface area contributed by atoms with Crippen molar-refractivity contribution < 1.29 is 19.0 Å². The molecule has 2 aliphatic carbocycles. The lowest BCUT2D eigenvalue weighted by molar-refractivity contribution is -0.186. The van der Waals surface area contributed by atoms with Gasteiger partial charge in [-0.1, -0.05) is 19.3 Å². The minimum Gasteiger partial charge on any atom is -0.465 e. The Morgan fingerprint density at radius 3 is 2.59 bits per heavy atom. The van der Waals surface area contributed by atoms with E-state index in [1.807, 2.05) is 0 Å². The highest BCUT2D eigenvalue weighted by Crippen LogP contribution is 2.38. The van der Waals surface area contributed by atoms with Crippen LogP contribution >= 0.6 is 0 Å². The van der Waals surface area contributed by atoms with Crippen molar-refractivity contribution in [3.8, 4) is 0 Å². The lowest BCUT2D eigenvalue weighted by atomic mass is 9.83. The van der Waals surface area contributed by atoms with Crippen molar-refractivity contribution in [2.45, 2.75) is 88.6 Å². The van der Waals surface area contributed by atoms with Gasteiger partial charge in [0.1, 0.15) is 0 Å². The maximum atomic E-state index is 12.4. The number of hydrogen-bond donors (Lipinski definition) is 0. The summed E-state index contributed by atoms with van der Waals surface area (Å²) in [4.78, 5) is 12.4. The van der Waals surface area contributed by atoms with E-state index in [-0.39, 0.29) is 18.0 Å². The third kappa shape index (κ3) is 3.33. The molecule has 3 aliphatic heterocycles. The van der Waals surface area contributed by atoms with Crippen molar-refractivity contribution in [3.63, 3.8) is 0 Å². The molecule has 0 spiro atoms. The minimum absolute atomic E-state index is 0.00652. The molecule has 6 unspecified atom stereocenters. The van der Waals surface area contributed by atoms with Crippen molar-refractivity contribution in [2.24, 2.45) is 11.8 Å². The number of epoxide rings is 1. The quantitative estimate of drug-likeness (QED) is 0.593. The van der Waals surface area contributed by atoms with Gasteiger partial charge in [0.2, 0.25) is 0 Å². The second-order valence-electron chi connectivity index (χ2n) is 7.64. The molecular weight excluding hydrogens is 280 g/mol. The lowest BCUT2D eigenvalue weighted by Crippen LogP contribution is -2.47. The van der Waals surface area contributed by atoms with Crippen LogP contribution in [-0.2, 0) is 19.0 Å². The molecule has 4 heteroatoms. The van der Waals surface area contributed by atoms with Crippen LogP contribution < -0.4 is 0 Å². The van der Waals surface area contributed by atoms with Gasteiger partial charge >= 0.3 is 5.97 Å². The van der Waals surface area contributed by atoms with Crippen LogP contribution in [0.3, 0.4) is 0 Å². The number of esters is 1. The smallest absolute Gasteiger partial charge is 0.311 e. The Labute approximate surface area is 132 Å². The fourth-order valence-corrected chi connectivity index (χ4v) is 4.44. The Morgan fingerprint density at radius 1 is 0.864 bits per heavy atom. The second kappa shape index (κ2) is 6.48. The van der Waals surface area contributed by atoms with E-state index < -0.39 is 0 Å². The predicted molar refractivity (Wildman–Crippen MR) is 81.4 cm³/mol. The van der Waals surface area contributed by atoms with Gasteiger partial charge in [0.05, 0.1) is 36.9 Å². The number of ether oxygens (including phenoxy) is 3. The molecule has 0 N–H and O–H groups in total. The van der Waals surface area contributed by atoms with Gasteiger partial charge in [-0.3, -0.25) is 4.79 Å². The summed E-state index contributed by atoms with van der Waals surface area (Å²) in [5.41, 5.74) is 0. The van der Waals surface area contributed by atoms with Crippen molar-refractivity contribution in [1.29, 1.82) is 0 Å². The standard InChI is InChI=1S/C18H28O4/c19-18(14-6-2-1-5-13-10-17(14)21-13)20-11-12-4-3-7-15-16(22-15)9-8-12/h12-17H,1-11H2. The average Bonchev–Trinajstić information content (AvgIpc) is 3.12. The van der Waals surface area contributed by atoms with Gasteiger partial charge < -0.3 is 14.2 Å². The summed E-state index contributed by atoms with van der Waals surface area (Å²) in [7, 11) is 0. The van der Waals surface area contributed by atoms with E-state index in [9.17, 15) is 4.79 Å². The molecule has 5 rings (SSSR count). The van der Waals surface area contributed by atoms with Gasteiger partial charge in [-0.25, -0.2) is 0 Å². The van der Waals surface area contributed by atoms with Gasteiger partial charge in [-0.15, -0.1) is 0 Å². The normalized spacial score (nSPS) is 44.4. The van der Waals surface area contributed by atoms with Crippen LogP contribution in [0.1, 0.15) is 64.2 Å². The highest BCUT2D eigenvalue weighted by molar-refractivity contribution is 5.73. The zero-order chi connectivity index (χ0) is 14.9. The fourth-order valence-electron chi connectivity index (χ4n) is 4.44. The van der Waals surface area contributed by atoms with E-state index in [0.29, 0.717) is 30.8 Å². The molecule has 3 saturated heterocycles. The van der Waals surface area contributed by atoms with Crippen LogP contribution in [0.25, 0.3) is 0 Å². The molecule has 0 radical (unpaired) electrons. The first kappa shape index (κ1) is 14.9. The minimum atomic E-state index is -0.0127. The molecular formula is C18H28O4. The average molecular weight is 308 g/mol. The number of carbonyl (C=O) groups excluding carboxylic acids is 1. The highest BCUT2D eigenvalue weighted by atomic mass is 16.6. The van der Waals surface area contributed by atoms with E-state index in [1.54, 1.807) is 0 Å². The molecule has 0 aromatic rings. The molecule has 2 saturated carbocycles. The Hall–Kier alpha value is -0.610. The van der Waals surface area contributed by atoms with Crippen LogP contribution in [-0.4, -0.2) is 37.0 Å². The molecule has 6 atom stereocenters. The van der Waals surface area contributed by atoms with Gasteiger partial charge in [0.15, 0.2) is 0 Å². The first-order chi connectivity index (χ1) is 10.8. The third-order valence-electron chi connectivity index (χ3n) is 6.01. The topological polar surface area (TPSA) is 48.1 Å². The van der Waals surface area contributed by atoms with E-state index in [0.717, 1.165) is 32.1 Å². The summed E-state index contributed by atoms with van der Waals surface area (Å²) in [5, 5.41) is 0.